The van der Waals surface area contributed by atoms with Crippen molar-refractivity contribution in [3.63, 3.8) is 0 Å². The molecule has 0 bridgehead atoms. The van der Waals surface area contributed by atoms with Gasteiger partial charge in [-0.25, -0.2) is 0 Å². The zero-order valence-corrected chi connectivity index (χ0v) is 12.3. The summed E-state index contributed by atoms with van der Waals surface area (Å²) in [5.41, 5.74) is 1.22. The van der Waals surface area contributed by atoms with Crippen molar-refractivity contribution in [3.05, 3.63) is 23.8 Å². The number of Topliss-reactive ketones (excluding diaryl/α,β-unsaturated/α-hetero) is 1. The molecule has 0 spiro atoms. The lowest BCUT2D eigenvalue weighted by Gasteiger charge is -2.30. The highest BCUT2D eigenvalue weighted by Crippen LogP contribution is 2.34. The molecule has 1 aromatic rings. The van der Waals surface area contributed by atoms with E-state index in [2.05, 4.69) is 5.32 Å². The summed E-state index contributed by atoms with van der Waals surface area (Å²) in [7, 11) is 1.70. The number of nitrogens with one attached hydrogen (secondary N) is 1. The first kappa shape index (κ1) is 14.5. The molecule has 5 heteroatoms. The number of nitrogens with zero attached hydrogens (tertiary/aromatic N) is 1. The fourth-order valence-electron chi connectivity index (χ4n) is 2.31. The minimum Gasteiger partial charge on any atom is -0.479 e. The Hall–Kier alpha value is -1.88. The van der Waals surface area contributed by atoms with Crippen molar-refractivity contribution < 1.29 is 14.3 Å². The number of hydrogen-bond donors (Lipinski definition) is 1. The maximum absolute atomic E-state index is 12.3. The van der Waals surface area contributed by atoms with Gasteiger partial charge >= 0.3 is 0 Å². The quantitative estimate of drug-likeness (QED) is 0.849. The number of carbonyl (C=O) groups excluding carboxylic acids is 2. The van der Waals surface area contributed by atoms with E-state index in [1.807, 2.05) is 13.8 Å². The van der Waals surface area contributed by atoms with E-state index < -0.39 is 6.10 Å². The molecule has 2 atom stereocenters. The average molecular weight is 276 g/mol. The second kappa shape index (κ2) is 5.63. The molecule has 2 rings (SSSR count). The number of ether oxygens (including phenoxy) is 1. The van der Waals surface area contributed by atoms with Crippen molar-refractivity contribution in [3.8, 4) is 5.75 Å². The number of fused-ring (bicyclic) bond motifs is 1. The molecule has 1 aliphatic rings. The van der Waals surface area contributed by atoms with E-state index in [-0.39, 0.29) is 17.7 Å². The van der Waals surface area contributed by atoms with Crippen LogP contribution in [-0.2, 0) is 4.79 Å². The first-order valence-corrected chi connectivity index (χ1v) is 6.81. The van der Waals surface area contributed by atoms with Crippen molar-refractivity contribution in [2.75, 3.05) is 18.5 Å². The Morgan fingerprint density at radius 3 is 2.85 bits per heavy atom. The maximum atomic E-state index is 12.3. The molecule has 5 nitrogen and oxygen atoms in total. The molecular formula is C15H20N2O3. The van der Waals surface area contributed by atoms with E-state index in [0.717, 1.165) is 6.54 Å². The van der Waals surface area contributed by atoms with Crippen LogP contribution in [0.4, 0.5) is 5.69 Å². The van der Waals surface area contributed by atoms with E-state index in [4.69, 9.17) is 4.74 Å². The topological polar surface area (TPSA) is 58.6 Å². The predicted molar refractivity (Wildman–Crippen MR) is 77.4 cm³/mol. The highest BCUT2D eigenvalue weighted by molar-refractivity contribution is 6.04. The fourth-order valence-corrected chi connectivity index (χ4v) is 2.31. The number of benzene rings is 1. The normalized spacial score (nSPS) is 19.3. The molecule has 108 valence electrons. The van der Waals surface area contributed by atoms with Gasteiger partial charge in [-0.05, 0) is 38.6 Å². The molecule has 1 heterocycles. The largest absolute Gasteiger partial charge is 0.479 e. The van der Waals surface area contributed by atoms with Gasteiger partial charge in [0.25, 0.3) is 5.91 Å². The first-order chi connectivity index (χ1) is 9.45. The van der Waals surface area contributed by atoms with Crippen LogP contribution in [0.25, 0.3) is 0 Å². The third kappa shape index (κ3) is 2.54. The summed E-state index contributed by atoms with van der Waals surface area (Å²) in [4.78, 5) is 25.7. The highest BCUT2D eigenvalue weighted by Gasteiger charge is 2.29. The third-order valence-corrected chi connectivity index (χ3v) is 3.49. The second-order valence-corrected chi connectivity index (χ2v) is 4.98. The van der Waals surface area contributed by atoms with Crippen molar-refractivity contribution in [2.24, 2.45) is 0 Å². The van der Waals surface area contributed by atoms with Gasteiger partial charge in [-0.1, -0.05) is 6.92 Å². The minimum atomic E-state index is -0.491. The third-order valence-electron chi connectivity index (χ3n) is 3.49. The summed E-state index contributed by atoms with van der Waals surface area (Å²) in [5.74, 6) is 0.531. The number of hydrogen-bond acceptors (Lipinski definition) is 4. The van der Waals surface area contributed by atoms with Crippen molar-refractivity contribution >= 4 is 17.4 Å². The van der Waals surface area contributed by atoms with Gasteiger partial charge < -0.3 is 15.0 Å². The molecular weight excluding hydrogens is 256 g/mol. The SMILES string of the molecule is CCNC(C)C(=O)c1ccc2c(c1)N(C)C(=O)C(C)O2. The van der Waals surface area contributed by atoms with E-state index >= 15 is 0 Å². The maximum Gasteiger partial charge on any atom is 0.267 e. The molecule has 1 N–H and O–H groups in total. The van der Waals surface area contributed by atoms with E-state index in [9.17, 15) is 9.59 Å². The Morgan fingerprint density at radius 2 is 2.20 bits per heavy atom. The molecule has 1 aromatic carbocycles. The van der Waals surface area contributed by atoms with Gasteiger partial charge in [0.15, 0.2) is 11.9 Å². The number of likely N-dealkylation sites (N-methyl/N-ethyl adjacent to an activating group) is 2. The Kier molecular flexibility index (Phi) is 4.09. The zero-order valence-electron chi connectivity index (χ0n) is 12.3. The Morgan fingerprint density at radius 1 is 1.50 bits per heavy atom. The number of amides is 1. The number of rotatable bonds is 4. The van der Waals surface area contributed by atoms with Gasteiger partial charge in [-0.2, -0.15) is 0 Å². The van der Waals surface area contributed by atoms with E-state index in [1.54, 1.807) is 32.2 Å². The van der Waals surface area contributed by atoms with Gasteiger partial charge in [0, 0.05) is 12.6 Å². The van der Waals surface area contributed by atoms with Gasteiger partial charge in [0.2, 0.25) is 0 Å². The molecule has 0 saturated carbocycles. The lowest BCUT2D eigenvalue weighted by molar-refractivity contribution is -0.125. The minimum absolute atomic E-state index is 0.00845. The van der Waals surface area contributed by atoms with Crippen molar-refractivity contribution in [1.82, 2.24) is 5.32 Å². The van der Waals surface area contributed by atoms with Crippen LogP contribution in [0, 0.1) is 0 Å². The first-order valence-electron chi connectivity index (χ1n) is 6.81. The zero-order chi connectivity index (χ0) is 14.9. The number of ketones is 1. The smallest absolute Gasteiger partial charge is 0.267 e. The van der Waals surface area contributed by atoms with Crippen LogP contribution in [0.3, 0.4) is 0 Å². The van der Waals surface area contributed by atoms with Crippen LogP contribution in [0.5, 0.6) is 5.75 Å². The lowest BCUT2D eigenvalue weighted by Crippen LogP contribution is -2.42. The highest BCUT2D eigenvalue weighted by atomic mass is 16.5. The van der Waals surface area contributed by atoms with E-state index in [1.165, 1.54) is 4.90 Å². The molecule has 0 radical (unpaired) electrons. The molecule has 20 heavy (non-hydrogen) atoms. The summed E-state index contributed by atoms with van der Waals surface area (Å²) in [6.45, 7) is 6.24. The molecule has 2 unspecified atom stereocenters. The Bertz CT molecular complexity index is 542. The summed E-state index contributed by atoms with van der Waals surface area (Å²) >= 11 is 0. The van der Waals surface area contributed by atoms with Crippen LogP contribution in [0.2, 0.25) is 0 Å². The molecule has 1 amide bonds. The average Bonchev–Trinajstić information content (AvgIpc) is 2.44. The second-order valence-electron chi connectivity index (χ2n) is 4.98. The lowest BCUT2D eigenvalue weighted by atomic mass is 10.0. The van der Waals surface area contributed by atoms with Crippen LogP contribution >= 0.6 is 0 Å². The Labute approximate surface area is 118 Å². The van der Waals surface area contributed by atoms with Crippen LogP contribution in [0.1, 0.15) is 31.1 Å². The molecule has 0 saturated heterocycles. The van der Waals surface area contributed by atoms with Gasteiger partial charge in [-0.3, -0.25) is 9.59 Å². The summed E-state index contributed by atoms with van der Waals surface area (Å²) in [6, 6.07) is 4.96. The fraction of sp³-hybridized carbons (Fsp3) is 0.467. The number of carbonyl (C=O) groups is 2. The standard InChI is InChI=1S/C15H20N2O3/c1-5-16-9(2)14(18)11-6-7-13-12(8-11)17(4)15(19)10(3)20-13/h6-10,16H,5H2,1-4H3. The summed E-state index contributed by atoms with van der Waals surface area (Å²) < 4.78 is 5.54. The van der Waals surface area contributed by atoms with Crippen LogP contribution < -0.4 is 15.0 Å². The molecule has 0 aromatic heterocycles. The molecule has 0 aliphatic carbocycles. The number of anilines is 1. The summed E-state index contributed by atoms with van der Waals surface area (Å²) in [6.07, 6.45) is -0.491. The van der Waals surface area contributed by atoms with Crippen LogP contribution in [0.15, 0.2) is 18.2 Å². The van der Waals surface area contributed by atoms with Crippen molar-refractivity contribution in [2.45, 2.75) is 32.9 Å². The molecule has 0 fully saturated rings. The van der Waals surface area contributed by atoms with Gasteiger partial charge in [-0.15, -0.1) is 0 Å². The Balaban J connectivity index is 2.32. The van der Waals surface area contributed by atoms with Gasteiger partial charge in [0.05, 0.1) is 11.7 Å². The monoisotopic (exact) mass is 276 g/mol. The predicted octanol–water partition coefficient (Wildman–Crippen LogP) is 1.61. The van der Waals surface area contributed by atoms with Crippen LogP contribution in [-0.4, -0.2) is 37.4 Å². The van der Waals surface area contributed by atoms with E-state index in [0.29, 0.717) is 17.0 Å². The van der Waals surface area contributed by atoms with Crippen molar-refractivity contribution in [1.29, 1.82) is 0 Å². The molecule has 1 aliphatic heterocycles. The summed E-state index contributed by atoms with van der Waals surface area (Å²) in [5, 5.41) is 3.09. The van der Waals surface area contributed by atoms with Gasteiger partial charge in [0.1, 0.15) is 5.75 Å².